The quantitative estimate of drug-likeness (QED) is 0.320. The molecular formula is C19H38P. The van der Waals surface area contributed by atoms with Crippen molar-refractivity contribution in [3.8, 4) is 0 Å². The molecule has 0 aromatic carbocycles. The highest BCUT2D eigenvalue weighted by Crippen LogP contribution is 2.31. The highest BCUT2D eigenvalue weighted by Gasteiger charge is 2.10. The zero-order valence-corrected chi connectivity index (χ0v) is 14.9. The lowest BCUT2D eigenvalue weighted by molar-refractivity contribution is 0.585. The Morgan fingerprint density at radius 3 is 1.75 bits per heavy atom. The summed E-state index contributed by atoms with van der Waals surface area (Å²) in [6.45, 7) is 2.31. The van der Waals surface area contributed by atoms with Crippen molar-refractivity contribution in [3.63, 3.8) is 0 Å². The van der Waals surface area contributed by atoms with Gasteiger partial charge in [0, 0.05) is 0 Å². The van der Waals surface area contributed by atoms with Crippen LogP contribution in [-0.4, -0.2) is 11.8 Å². The van der Waals surface area contributed by atoms with Crippen molar-refractivity contribution in [3.05, 3.63) is 0 Å². The Labute approximate surface area is 130 Å². The highest BCUT2D eigenvalue weighted by molar-refractivity contribution is 7.38. The van der Waals surface area contributed by atoms with Crippen LogP contribution < -0.4 is 0 Å². The Balaban J connectivity index is 2.02. The molecule has 20 heavy (non-hydrogen) atoms. The fourth-order valence-corrected chi connectivity index (χ4v) is 4.82. The van der Waals surface area contributed by atoms with Crippen LogP contribution in [0.3, 0.4) is 0 Å². The summed E-state index contributed by atoms with van der Waals surface area (Å²) in [5.41, 5.74) is 1.05. The van der Waals surface area contributed by atoms with Gasteiger partial charge in [0.25, 0.3) is 0 Å². The Morgan fingerprint density at radius 2 is 1.15 bits per heavy atom. The van der Waals surface area contributed by atoms with Crippen LogP contribution in [0.25, 0.3) is 0 Å². The van der Waals surface area contributed by atoms with Gasteiger partial charge in [-0.05, 0) is 31.1 Å². The molecule has 0 bridgehead atoms. The predicted octanol–water partition coefficient (Wildman–Crippen LogP) is 7.58. The molecule has 1 heteroatoms. The van der Waals surface area contributed by atoms with Crippen molar-refractivity contribution < 1.29 is 0 Å². The van der Waals surface area contributed by atoms with Crippen LogP contribution in [0.5, 0.6) is 0 Å². The first kappa shape index (κ1) is 18.5. The smallest absolute Gasteiger partial charge is 0.0170 e. The zero-order valence-electron chi connectivity index (χ0n) is 14.0. The molecule has 0 aliphatic heterocycles. The van der Waals surface area contributed by atoms with Gasteiger partial charge in [0.2, 0.25) is 0 Å². The molecule has 0 amide bonds. The standard InChI is InChI=1S/C19H38P/c1-2-3-4-5-12-15-18-20-19-16-13-10-8-6-7-9-11-14-17-19/h19H,2-18H2,1H3. The van der Waals surface area contributed by atoms with Gasteiger partial charge in [-0.3, -0.25) is 0 Å². The summed E-state index contributed by atoms with van der Waals surface area (Å²) < 4.78 is 0. The SMILES string of the molecule is CCCCCCCC[P]C1CCCCCCCCCC1. The van der Waals surface area contributed by atoms with E-state index in [9.17, 15) is 0 Å². The summed E-state index contributed by atoms with van der Waals surface area (Å²) in [5, 5.41) is 0. The predicted molar refractivity (Wildman–Crippen MR) is 95.1 cm³/mol. The van der Waals surface area contributed by atoms with E-state index < -0.39 is 0 Å². The molecule has 0 nitrogen and oxygen atoms in total. The van der Waals surface area contributed by atoms with Gasteiger partial charge in [-0.15, -0.1) is 0 Å². The zero-order chi connectivity index (χ0) is 14.3. The first-order valence-corrected chi connectivity index (χ1v) is 10.7. The summed E-state index contributed by atoms with van der Waals surface area (Å²) in [7, 11) is 1.79. The van der Waals surface area contributed by atoms with E-state index in [0.717, 1.165) is 5.66 Å². The Morgan fingerprint density at radius 1 is 0.650 bits per heavy atom. The monoisotopic (exact) mass is 297 g/mol. The molecule has 1 saturated carbocycles. The summed E-state index contributed by atoms with van der Waals surface area (Å²) in [6, 6.07) is 0. The van der Waals surface area contributed by atoms with E-state index in [1.807, 2.05) is 0 Å². The molecule has 0 heterocycles. The van der Waals surface area contributed by atoms with Crippen LogP contribution in [0, 0.1) is 0 Å². The molecule has 0 spiro atoms. The van der Waals surface area contributed by atoms with Gasteiger partial charge in [-0.2, -0.15) is 0 Å². The maximum absolute atomic E-state index is 2.31. The third-order valence-electron chi connectivity index (χ3n) is 4.72. The van der Waals surface area contributed by atoms with Gasteiger partial charge in [0.05, 0.1) is 0 Å². The second-order valence-corrected chi connectivity index (χ2v) is 8.28. The number of hydrogen-bond acceptors (Lipinski definition) is 0. The molecule has 1 rings (SSSR count). The van der Waals surface area contributed by atoms with Crippen LogP contribution in [0.4, 0.5) is 0 Å². The van der Waals surface area contributed by atoms with Crippen LogP contribution in [0.2, 0.25) is 0 Å². The molecule has 1 radical (unpaired) electrons. The normalized spacial score (nSPS) is 20.2. The summed E-state index contributed by atoms with van der Waals surface area (Å²) >= 11 is 0. The third kappa shape index (κ3) is 11.1. The molecule has 1 aliphatic rings. The topological polar surface area (TPSA) is 0 Å². The van der Waals surface area contributed by atoms with Gasteiger partial charge < -0.3 is 0 Å². The van der Waals surface area contributed by atoms with Gasteiger partial charge in [0.15, 0.2) is 0 Å². The number of unbranched alkanes of at least 4 members (excludes halogenated alkanes) is 5. The van der Waals surface area contributed by atoms with Gasteiger partial charge in [0.1, 0.15) is 0 Å². The van der Waals surface area contributed by atoms with Crippen LogP contribution in [-0.2, 0) is 0 Å². The van der Waals surface area contributed by atoms with Crippen LogP contribution >= 0.6 is 8.58 Å². The first-order valence-electron chi connectivity index (χ1n) is 9.60. The van der Waals surface area contributed by atoms with Crippen molar-refractivity contribution in [1.82, 2.24) is 0 Å². The fraction of sp³-hybridized carbons (Fsp3) is 1.00. The average molecular weight is 297 g/mol. The second kappa shape index (κ2) is 14.4. The first-order chi connectivity index (χ1) is 9.93. The lowest BCUT2D eigenvalue weighted by Gasteiger charge is -2.15. The molecule has 0 atom stereocenters. The van der Waals surface area contributed by atoms with Crippen molar-refractivity contribution in [2.24, 2.45) is 0 Å². The second-order valence-electron chi connectivity index (χ2n) is 6.73. The van der Waals surface area contributed by atoms with Crippen LogP contribution in [0.15, 0.2) is 0 Å². The summed E-state index contributed by atoms with van der Waals surface area (Å²) in [6.07, 6.45) is 25.3. The third-order valence-corrected chi connectivity index (χ3v) is 6.33. The molecule has 0 unspecified atom stereocenters. The molecule has 0 aromatic rings. The van der Waals surface area contributed by atoms with E-state index in [4.69, 9.17) is 0 Å². The summed E-state index contributed by atoms with van der Waals surface area (Å²) in [5.74, 6) is 0. The van der Waals surface area contributed by atoms with E-state index in [1.165, 1.54) is 109 Å². The van der Waals surface area contributed by atoms with E-state index in [2.05, 4.69) is 6.92 Å². The van der Waals surface area contributed by atoms with Crippen molar-refractivity contribution in [2.75, 3.05) is 6.16 Å². The minimum absolute atomic E-state index is 1.05. The number of hydrogen-bond donors (Lipinski definition) is 0. The van der Waals surface area contributed by atoms with Crippen molar-refractivity contribution in [1.29, 1.82) is 0 Å². The average Bonchev–Trinajstić information content (AvgIpc) is 2.52. The molecule has 0 aromatic heterocycles. The molecule has 1 fully saturated rings. The van der Waals surface area contributed by atoms with Crippen molar-refractivity contribution >= 4 is 8.58 Å². The highest BCUT2D eigenvalue weighted by atomic mass is 31.1. The lowest BCUT2D eigenvalue weighted by atomic mass is 10.1. The molecule has 0 N–H and O–H groups in total. The molecule has 0 saturated heterocycles. The Kier molecular flexibility index (Phi) is 13.3. The van der Waals surface area contributed by atoms with E-state index in [0.29, 0.717) is 0 Å². The minimum atomic E-state index is 1.05. The fourth-order valence-electron chi connectivity index (χ4n) is 3.31. The molecular weight excluding hydrogens is 259 g/mol. The minimum Gasteiger partial charge on any atom is -0.0775 e. The lowest BCUT2D eigenvalue weighted by Crippen LogP contribution is -2.02. The Bertz CT molecular complexity index is 178. The maximum atomic E-state index is 2.31. The molecule has 1 aliphatic carbocycles. The van der Waals surface area contributed by atoms with Gasteiger partial charge >= 0.3 is 0 Å². The van der Waals surface area contributed by atoms with E-state index in [-0.39, 0.29) is 0 Å². The van der Waals surface area contributed by atoms with Gasteiger partial charge in [-0.25, -0.2) is 0 Å². The number of rotatable bonds is 8. The van der Waals surface area contributed by atoms with Crippen molar-refractivity contribution in [2.45, 2.75) is 115 Å². The Hall–Kier alpha value is 0.430. The van der Waals surface area contributed by atoms with Gasteiger partial charge in [-0.1, -0.05) is 99.0 Å². The van der Waals surface area contributed by atoms with Crippen LogP contribution in [0.1, 0.15) is 110 Å². The maximum Gasteiger partial charge on any atom is -0.0170 e. The van der Waals surface area contributed by atoms with E-state index >= 15 is 0 Å². The van der Waals surface area contributed by atoms with E-state index in [1.54, 1.807) is 8.58 Å². The largest absolute Gasteiger partial charge is 0.0775 e. The molecule has 119 valence electrons. The summed E-state index contributed by atoms with van der Waals surface area (Å²) in [4.78, 5) is 0.